The molecule has 0 atom stereocenters. The molecule has 0 saturated carbocycles. The van der Waals surface area contributed by atoms with Gasteiger partial charge in [-0.25, -0.2) is 9.79 Å². The Hall–Kier alpha value is -2.13. The van der Waals surface area contributed by atoms with E-state index in [9.17, 15) is 10.1 Å². The summed E-state index contributed by atoms with van der Waals surface area (Å²) in [4.78, 5) is 17.5. The Morgan fingerprint density at radius 2 is 2.15 bits per heavy atom. The van der Waals surface area contributed by atoms with E-state index in [1.165, 1.54) is 0 Å². The first-order valence-electron chi connectivity index (χ1n) is 6.23. The van der Waals surface area contributed by atoms with Crippen molar-refractivity contribution in [3.8, 4) is 6.07 Å². The second-order valence-electron chi connectivity index (χ2n) is 4.37. The topological polar surface area (TPSA) is 74.5 Å². The molecule has 0 aromatic carbocycles. The van der Waals surface area contributed by atoms with Crippen LogP contribution >= 0.6 is 11.3 Å². The summed E-state index contributed by atoms with van der Waals surface area (Å²) >= 11 is 1.55. The summed E-state index contributed by atoms with van der Waals surface area (Å²) < 4.78 is 4.95. The molecular weight excluding hydrogens is 274 g/mol. The van der Waals surface area contributed by atoms with Crippen LogP contribution in [-0.4, -0.2) is 18.4 Å². The quantitative estimate of drug-likeness (QED) is 0.516. The number of ether oxygens (including phenoxy) is 1. The number of hydrogen-bond donors (Lipinski definition) is 1. The molecule has 0 fully saturated rings. The van der Waals surface area contributed by atoms with E-state index in [1.54, 1.807) is 25.2 Å². The zero-order valence-electron chi connectivity index (χ0n) is 11.8. The lowest BCUT2D eigenvalue weighted by Crippen LogP contribution is -2.25. The number of aliphatic imine (C=N–C) groups is 1. The van der Waals surface area contributed by atoms with Crippen LogP contribution in [0.25, 0.3) is 5.70 Å². The number of fused-ring (bicyclic) bond motifs is 1. The van der Waals surface area contributed by atoms with Gasteiger partial charge in [-0.15, -0.1) is 11.3 Å². The number of amidine groups is 1. The molecule has 6 heteroatoms. The molecule has 0 aliphatic carbocycles. The highest BCUT2D eigenvalue weighted by atomic mass is 32.1. The largest absolute Gasteiger partial charge is 0.462 e. The fourth-order valence-corrected chi connectivity index (χ4v) is 3.09. The van der Waals surface area contributed by atoms with E-state index in [0.717, 1.165) is 21.0 Å². The highest BCUT2D eigenvalue weighted by Gasteiger charge is 2.27. The molecule has 0 amide bonds. The monoisotopic (exact) mass is 289 g/mol. The van der Waals surface area contributed by atoms with Gasteiger partial charge in [0.15, 0.2) is 5.57 Å². The van der Waals surface area contributed by atoms with Crippen LogP contribution in [0, 0.1) is 25.2 Å². The number of esters is 1. The summed E-state index contributed by atoms with van der Waals surface area (Å²) in [6.45, 7) is 7.70. The number of hydrogen-bond acceptors (Lipinski definition) is 6. The second kappa shape index (κ2) is 5.47. The molecule has 1 aliphatic rings. The van der Waals surface area contributed by atoms with Crippen LogP contribution in [-0.2, 0) is 9.53 Å². The van der Waals surface area contributed by atoms with Gasteiger partial charge in [-0.2, -0.15) is 5.26 Å². The van der Waals surface area contributed by atoms with Crippen molar-refractivity contribution >= 4 is 33.8 Å². The molecule has 2 rings (SSSR count). The van der Waals surface area contributed by atoms with Gasteiger partial charge in [0, 0.05) is 10.4 Å². The molecule has 0 spiro atoms. The average molecular weight is 289 g/mol. The van der Waals surface area contributed by atoms with Gasteiger partial charge in [-0.1, -0.05) is 0 Å². The normalized spacial score (nSPS) is 15.7. The molecule has 1 N–H and O–H groups in total. The van der Waals surface area contributed by atoms with Crippen LogP contribution in [0.3, 0.4) is 0 Å². The zero-order valence-corrected chi connectivity index (χ0v) is 12.6. The Balaban J connectivity index is 2.67. The summed E-state index contributed by atoms with van der Waals surface area (Å²) in [7, 11) is 0. The van der Waals surface area contributed by atoms with Gasteiger partial charge in [-0.05, 0) is 33.3 Å². The molecule has 2 heterocycles. The third-order valence-electron chi connectivity index (χ3n) is 3.03. The van der Waals surface area contributed by atoms with E-state index < -0.39 is 5.97 Å². The Bertz CT molecular complexity index is 677. The van der Waals surface area contributed by atoms with Crippen molar-refractivity contribution in [2.45, 2.75) is 27.7 Å². The maximum absolute atomic E-state index is 11.9. The summed E-state index contributed by atoms with van der Waals surface area (Å²) in [6.07, 6.45) is 0. The maximum atomic E-state index is 11.9. The number of nitrogens with zero attached hydrogens (tertiary/aromatic N) is 2. The first-order valence-corrected chi connectivity index (χ1v) is 7.05. The average Bonchev–Trinajstić information content (AvgIpc) is 2.65. The molecular formula is C14H15N3O2S. The molecule has 104 valence electrons. The number of carbonyl (C=O) groups excluding carboxylic acids is 1. The van der Waals surface area contributed by atoms with E-state index >= 15 is 0 Å². The Morgan fingerprint density at radius 3 is 2.75 bits per heavy atom. The molecule has 1 aromatic heterocycles. The smallest absolute Gasteiger partial charge is 0.351 e. The third-order valence-corrected chi connectivity index (χ3v) is 4.13. The first kappa shape index (κ1) is 14.3. The predicted molar refractivity (Wildman–Crippen MR) is 78.9 cm³/mol. The molecule has 1 aromatic rings. The SMILES string of the molecule is CCOC(=O)/C(C#N)=C1\NC(C)=Nc2sc(C)c(C)c21. The fourth-order valence-electron chi connectivity index (χ4n) is 2.00. The summed E-state index contributed by atoms with van der Waals surface area (Å²) in [5, 5.41) is 13.2. The van der Waals surface area contributed by atoms with Crippen LogP contribution in [0.4, 0.5) is 5.00 Å². The van der Waals surface area contributed by atoms with Crippen LogP contribution < -0.4 is 5.32 Å². The molecule has 0 bridgehead atoms. The number of nitrogens with one attached hydrogen (secondary N) is 1. The molecule has 0 saturated heterocycles. The third kappa shape index (κ3) is 2.32. The van der Waals surface area contributed by atoms with Crippen molar-refractivity contribution in [1.29, 1.82) is 5.26 Å². The van der Waals surface area contributed by atoms with Crippen LogP contribution in [0.15, 0.2) is 10.6 Å². The number of nitriles is 1. The van der Waals surface area contributed by atoms with Crippen molar-refractivity contribution in [3.05, 3.63) is 21.6 Å². The standard InChI is InChI=1S/C14H15N3O2S/c1-5-19-14(18)10(6-15)12-11-7(2)8(3)20-13(11)17-9(4)16-12/h5H2,1-4H3,(H,16,17)/b12-10-. The molecule has 0 unspecified atom stereocenters. The van der Waals surface area contributed by atoms with Gasteiger partial charge in [-0.3, -0.25) is 0 Å². The molecule has 20 heavy (non-hydrogen) atoms. The summed E-state index contributed by atoms with van der Waals surface area (Å²) in [5.74, 6) is 0.0483. The summed E-state index contributed by atoms with van der Waals surface area (Å²) in [5.41, 5.74) is 2.34. The van der Waals surface area contributed by atoms with Crippen molar-refractivity contribution < 1.29 is 9.53 Å². The van der Waals surface area contributed by atoms with E-state index in [2.05, 4.69) is 10.3 Å². The molecule has 1 aliphatic heterocycles. The van der Waals surface area contributed by atoms with Crippen molar-refractivity contribution in [1.82, 2.24) is 5.32 Å². The highest BCUT2D eigenvalue weighted by Crippen LogP contribution is 2.41. The van der Waals surface area contributed by atoms with Crippen molar-refractivity contribution in [2.24, 2.45) is 4.99 Å². The Labute approximate surface area is 121 Å². The van der Waals surface area contributed by atoms with Crippen molar-refractivity contribution in [3.63, 3.8) is 0 Å². The maximum Gasteiger partial charge on any atom is 0.351 e. The molecule has 0 radical (unpaired) electrons. The van der Waals surface area contributed by atoms with E-state index in [0.29, 0.717) is 11.5 Å². The number of thiophene rings is 1. The highest BCUT2D eigenvalue weighted by molar-refractivity contribution is 7.16. The van der Waals surface area contributed by atoms with Gasteiger partial charge in [0.25, 0.3) is 0 Å². The predicted octanol–water partition coefficient (Wildman–Crippen LogP) is 2.82. The summed E-state index contributed by atoms with van der Waals surface area (Å²) in [6, 6.07) is 1.95. The number of carbonyl (C=O) groups is 1. The van der Waals surface area contributed by atoms with E-state index in [4.69, 9.17) is 4.74 Å². The van der Waals surface area contributed by atoms with Crippen LogP contribution in [0.2, 0.25) is 0 Å². The minimum atomic E-state index is -0.610. The Kier molecular flexibility index (Phi) is 3.91. The van der Waals surface area contributed by atoms with Gasteiger partial charge < -0.3 is 10.1 Å². The fraction of sp³-hybridized carbons (Fsp3) is 0.357. The second-order valence-corrected chi connectivity index (χ2v) is 5.57. The number of rotatable bonds is 2. The van der Waals surface area contributed by atoms with Gasteiger partial charge in [0.2, 0.25) is 0 Å². The zero-order chi connectivity index (χ0) is 14.9. The lowest BCUT2D eigenvalue weighted by atomic mass is 10.0. The minimum Gasteiger partial charge on any atom is -0.462 e. The first-order chi connectivity index (χ1) is 9.49. The van der Waals surface area contributed by atoms with Crippen LogP contribution in [0.5, 0.6) is 0 Å². The van der Waals surface area contributed by atoms with Gasteiger partial charge >= 0.3 is 5.97 Å². The molecule has 5 nitrogen and oxygen atoms in total. The number of aryl methyl sites for hydroxylation is 1. The minimum absolute atomic E-state index is 0.0109. The van der Waals surface area contributed by atoms with E-state index in [-0.39, 0.29) is 12.2 Å². The lowest BCUT2D eigenvalue weighted by Gasteiger charge is -2.18. The van der Waals surface area contributed by atoms with Gasteiger partial charge in [0.1, 0.15) is 16.9 Å². The Morgan fingerprint density at radius 1 is 1.45 bits per heavy atom. The van der Waals surface area contributed by atoms with Crippen LogP contribution in [0.1, 0.15) is 29.9 Å². The lowest BCUT2D eigenvalue weighted by molar-refractivity contribution is -0.137. The van der Waals surface area contributed by atoms with Crippen molar-refractivity contribution in [2.75, 3.05) is 6.61 Å². The van der Waals surface area contributed by atoms with E-state index in [1.807, 2.05) is 19.9 Å². The van der Waals surface area contributed by atoms with Gasteiger partial charge in [0.05, 0.1) is 12.3 Å².